The molecule has 0 amide bonds. The molecule has 3 heteroatoms. The second kappa shape index (κ2) is 7.84. The Morgan fingerprint density at radius 2 is 1.91 bits per heavy atom. The third-order valence-corrected chi connectivity index (χ3v) is 3.03. The zero-order valence-corrected chi connectivity index (χ0v) is 12.5. The van der Waals surface area contributed by atoms with Gasteiger partial charge in [-0.05, 0) is 35.8 Å². The summed E-state index contributed by atoms with van der Waals surface area (Å²) in [7, 11) is 1.55. The summed E-state index contributed by atoms with van der Waals surface area (Å²) in [5.74, 6) is 0.484. The summed E-state index contributed by atoms with van der Waals surface area (Å²) < 4.78 is 10.6. The van der Waals surface area contributed by atoms with E-state index in [1.807, 2.05) is 48.5 Å². The maximum atomic E-state index is 11.9. The molecule has 22 heavy (non-hydrogen) atoms. The highest BCUT2D eigenvalue weighted by Crippen LogP contribution is 2.28. The van der Waals surface area contributed by atoms with Crippen LogP contribution in [-0.2, 0) is 11.2 Å². The molecule has 0 bridgehead atoms. The largest absolute Gasteiger partial charge is 0.493 e. The Balaban J connectivity index is 2.08. The maximum absolute atomic E-state index is 11.9. The van der Waals surface area contributed by atoms with Gasteiger partial charge in [-0.1, -0.05) is 42.5 Å². The van der Waals surface area contributed by atoms with Crippen LogP contribution in [0, 0.1) is 0 Å². The van der Waals surface area contributed by atoms with Crippen LogP contribution < -0.4 is 9.47 Å². The molecule has 0 fully saturated rings. The van der Waals surface area contributed by atoms with Crippen molar-refractivity contribution in [3.63, 3.8) is 0 Å². The fraction of sp³-hybridized carbons (Fsp3) is 0.105. The Bertz CT molecular complexity index is 672. The lowest BCUT2D eigenvalue weighted by atomic mass is 10.1. The summed E-state index contributed by atoms with van der Waals surface area (Å²) in [5.41, 5.74) is 1.99. The van der Waals surface area contributed by atoms with E-state index in [1.54, 1.807) is 19.3 Å². The molecule has 0 radical (unpaired) electrons. The van der Waals surface area contributed by atoms with E-state index in [9.17, 15) is 4.79 Å². The Morgan fingerprint density at radius 1 is 1.14 bits per heavy atom. The van der Waals surface area contributed by atoms with Crippen LogP contribution in [0.1, 0.15) is 11.1 Å². The molecular formula is C19H18O3. The zero-order valence-electron chi connectivity index (χ0n) is 12.5. The standard InChI is InChI=1S/C19H18O3/c1-3-7-16-10-12-17(18(14-16)21-2)22-19(20)13-11-15-8-5-4-6-9-15/h3-6,8-14H,1,7H2,2H3. The van der Waals surface area contributed by atoms with Crippen LogP contribution in [0.5, 0.6) is 11.5 Å². The minimum Gasteiger partial charge on any atom is -0.493 e. The SMILES string of the molecule is C=CCc1ccc(OC(=O)C=Cc2ccccc2)c(OC)c1. The molecule has 0 aliphatic carbocycles. The zero-order chi connectivity index (χ0) is 15.8. The monoisotopic (exact) mass is 294 g/mol. The number of benzene rings is 2. The molecule has 2 aromatic carbocycles. The van der Waals surface area contributed by atoms with Gasteiger partial charge < -0.3 is 9.47 Å². The summed E-state index contributed by atoms with van der Waals surface area (Å²) in [6.07, 6.45) is 5.65. The minimum atomic E-state index is -0.446. The minimum absolute atomic E-state index is 0.401. The molecule has 0 saturated heterocycles. The third kappa shape index (κ3) is 4.35. The van der Waals surface area contributed by atoms with Gasteiger partial charge in [-0.2, -0.15) is 0 Å². The van der Waals surface area contributed by atoms with Gasteiger partial charge in [0.05, 0.1) is 7.11 Å². The molecule has 2 rings (SSSR count). The summed E-state index contributed by atoms with van der Waals surface area (Å²) in [4.78, 5) is 11.9. The topological polar surface area (TPSA) is 35.5 Å². The average Bonchev–Trinajstić information content (AvgIpc) is 2.55. The smallest absolute Gasteiger partial charge is 0.336 e. The van der Waals surface area contributed by atoms with Gasteiger partial charge in [0.2, 0.25) is 0 Å². The van der Waals surface area contributed by atoms with E-state index in [2.05, 4.69) is 6.58 Å². The van der Waals surface area contributed by atoms with Crippen molar-refractivity contribution in [1.82, 2.24) is 0 Å². The fourth-order valence-electron chi connectivity index (χ4n) is 1.96. The van der Waals surface area contributed by atoms with E-state index in [0.29, 0.717) is 11.5 Å². The van der Waals surface area contributed by atoms with Gasteiger partial charge in [-0.3, -0.25) is 0 Å². The lowest BCUT2D eigenvalue weighted by molar-refractivity contribution is -0.129. The number of hydrogen-bond donors (Lipinski definition) is 0. The molecular weight excluding hydrogens is 276 g/mol. The van der Waals surface area contributed by atoms with Crippen LogP contribution in [0.3, 0.4) is 0 Å². The predicted octanol–water partition coefficient (Wildman–Crippen LogP) is 4.04. The van der Waals surface area contributed by atoms with Crippen LogP contribution in [-0.4, -0.2) is 13.1 Å². The van der Waals surface area contributed by atoms with Crippen LogP contribution in [0.2, 0.25) is 0 Å². The van der Waals surface area contributed by atoms with Crippen LogP contribution in [0.4, 0.5) is 0 Å². The van der Waals surface area contributed by atoms with Gasteiger partial charge in [0.15, 0.2) is 11.5 Å². The number of esters is 1. The van der Waals surface area contributed by atoms with Gasteiger partial charge in [-0.25, -0.2) is 4.79 Å². The third-order valence-electron chi connectivity index (χ3n) is 3.03. The first kappa shape index (κ1) is 15.6. The Kier molecular flexibility index (Phi) is 5.55. The first-order valence-corrected chi connectivity index (χ1v) is 6.95. The van der Waals surface area contributed by atoms with Gasteiger partial charge in [0.1, 0.15) is 0 Å². The van der Waals surface area contributed by atoms with E-state index < -0.39 is 5.97 Å². The quantitative estimate of drug-likeness (QED) is 0.349. The van der Waals surface area contributed by atoms with Crippen molar-refractivity contribution in [2.75, 3.05) is 7.11 Å². The van der Waals surface area contributed by atoms with Crippen molar-refractivity contribution in [2.24, 2.45) is 0 Å². The molecule has 0 N–H and O–H groups in total. The van der Waals surface area contributed by atoms with Crippen LogP contribution in [0.15, 0.2) is 67.3 Å². The molecule has 2 aromatic rings. The molecule has 0 saturated carbocycles. The molecule has 0 aliphatic heterocycles. The average molecular weight is 294 g/mol. The number of hydrogen-bond acceptors (Lipinski definition) is 3. The van der Waals surface area contributed by atoms with E-state index in [4.69, 9.17) is 9.47 Å². The highest BCUT2D eigenvalue weighted by Gasteiger charge is 2.08. The number of rotatable bonds is 6. The predicted molar refractivity (Wildman–Crippen MR) is 88.0 cm³/mol. The Morgan fingerprint density at radius 3 is 2.59 bits per heavy atom. The normalized spacial score (nSPS) is 10.4. The van der Waals surface area contributed by atoms with Gasteiger partial charge in [-0.15, -0.1) is 6.58 Å². The van der Waals surface area contributed by atoms with Crippen molar-refractivity contribution in [3.8, 4) is 11.5 Å². The lowest BCUT2D eigenvalue weighted by Gasteiger charge is -2.09. The van der Waals surface area contributed by atoms with E-state index in [-0.39, 0.29) is 0 Å². The summed E-state index contributed by atoms with van der Waals surface area (Å²) >= 11 is 0. The summed E-state index contributed by atoms with van der Waals surface area (Å²) in [6, 6.07) is 15.0. The first-order valence-electron chi connectivity index (χ1n) is 6.95. The fourth-order valence-corrected chi connectivity index (χ4v) is 1.96. The van der Waals surface area contributed by atoms with Gasteiger partial charge >= 0.3 is 5.97 Å². The second-order valence-electron chi connectivity index (χ2n) is 4.64. The van der Waals surface area contributed by atoms with Crippen molar-refractivity contribution >= 4 is 12.0 Å². The summed E-state index contributed by atoms with van der Waals surface area (Å²) in [5, 5.41) is 0. The van der Waals surface area contributed by atoms with Crippen molar-refractivity contribution in [1.29, 1.82) is 0 Å². The maximum Gasteiger partial charge on any atom is 0.336 e. The summed E-state index contributed by atoms with van der Waals surface area (Å²) in [6.45, 7) is 3.70. The highest BCUT2D eigenvalue weighted by molar-refractivity contribution is 5.89. The van der Waals surface area contributed by atoms with E-state index in [1.165, 1.54) is 6.08 Å². The Labute approximate surface area is 130 Å². The number of allylic oxidation sites excluding steroid dienone is 1. The number of carbonyl (C=O) groups excluding carboxylic acids is 1. The van der Waals surface area contributed by atoms with Crippen molar-refractivity contribution < 1.29 is 14.3 Å². The molecule has 3 nitrogen and oxygen atoms in total. The van der Waals surface area contributed by atoms with Crippen LogP contribution in [0.25, 0.3) is 6.08 Å². The van der Waals surface area contributed by atoms with E-state index in [0.717, 1.165) is 17.5 Å². The number of methoxy groups -OCH3 is 1. The molecule has 0 aliphatic rings. The van der Waals surface area contributed by atoms with Crippen LogP contribution >= 0.6 is 0 Å². The van der Waals surface area contributed by atoms with Gasteiger partial charge in [0, 0.05) is 6.08 Å². The molecule has 0 heterocycles. The molecule has 112 valence electrons. The van der Waals surface area contributed by atoms with Gasteiger partial charge in [0.25, 0.3) is 0 Å². The molecule has 0 atom stereocenters. The number of carbonyl (C=O) groups is 1. The highest BCUT2D eigenvalue weighted by atomic mass is 16.6. The Hall–Kier alpha value is -2.81. The van der Waals surface area contributed by atoms with Crippen molar-refractivity contribution in [2.45, 2.75) is 6.42 Å². The van der Waals surface area contributed by atoms with E-state index >= 15 is 0 Å². The molecule has 0 aromatic heterocycles. The molecule has 0 unspecified atom stereocenters. The molecule has 0 spiro atoms. The number of ether oxygens (including phenoxy) is 2. The first-order chi connectivity index (χ1) is 10.7. The lowest BCUT2D eigenvalue weighted by Crippen LogP contribution is -2.05. The second-order valence-corrected chi connectivity index (χ2v) is 4.64. The van der Waals surface area contributed by atoms with Crippen molar-refractivity contribution in [3.05, 3.63) is 78.4 Å².